The molecule has 0 saturated carbocycles. The highest BCUT2D eigenvalue weighted by Crippen LogP contribution is 2.22. The summed E-state index contributed by atoms with van der Waals surface area (Å²) in [5, 5.41) is 10.6. The molecule has 0 bridgehead atoms. The van der Waals surface area contributed by atoms with Crippen molar-refractivity contribution in [3.63, 3.8) is 0 Å². The van der Waals surface area contributed by atoms with Crippen molar-refractivity contribution >= 4 is 35.8 Å². The zero-order chi connectivity index (χ0) is 18.9. The number of amides is 1. The number of nitrogens with one attached hydrogen (secondary N) is 2. The highest BCUT2D eigenvalue weighted by molar-refractivity contribution is 14.0. The molecule has 27 heavy (non-hydrogen) atoms. The number of nitrogens with zero attached hydrogens (tertiary/aromatic N) is 2. The van der Waals surface area contributed by atoms with Gasteiger partial charge in [-0.05, 0) is 30.5 Å². The van der Waals surface area contributed by atoms with Gasteiger partial charge in [-0.2, -0.15) is 0 Å². The lowest BCUT2D eigenvalue weighted by Gasteiger charge is -2.11. The predicted octanol–water partition coefficient (Wildman–Crippen LogP) is 3.16. The summed E-state index contributed by atoms with van der Waals surface area (Å²) in [5.74, 6) is 1.40. The van der Waals surface area contributed by atoms with Crippen LogP contribution in [-0.2, 0) is 13.1 Å². The van der Waals surface area contributed by atoms with Crippen LogP contribution in [0, 0.1) is 0 Å². The molecule has 2 aromatic rings. The van der Waals surface area contributed by atoms with E-state index in [-0.39, 0.29) is 24.0 Å². The molecule has 1 heterocycles. The molecule has 0 fully saturated rings. The number of benzene rings is 1. The van der Waals surface area contributed by atoms with E-state index in [1.165, 1.54) is 0 Å². The molecule has 4 N–H and O–H groups in total. The molecule has 0 spiro atoms. The highest BCUT2D eigenvalue weighted by atomic mass is 127. The Morgan fingerprint density at radius 1 is 1.22 bits per heavy atom. The van der Waals surface area contributed by atoms with Crippen LogP contribution in [0.2, 0.25) is 0 Å². The monoisotopic (exact) mass is 485 g/mol. The average molecular weight is 485 g/mol. The number of aliphatic imine (C=N–C) groups is 1. The van der Waals surface area contributed by atoms with E-state index in [2.05, 4.69) is 34.6 Å². The molecule has 7 nitrogen and oxygen atoms in total. The van der Waals surface area contributed by atoms with E-state index in [1.54, 1.807) is 25.2 Å². The Kier molecular flexibility index (Phi) is 9.84. The summed E-state index contributed by atoms with van der Waals surface area (Å²) in [5.41, 5.74) is 7.74. The van der Waals surface area contributed by atoms with Crippen LogP contribution in [0.1, 0.15) is 60.0 Å². The third kappa shape index (κ3) is 6.85. The van der Waals surface area contributed by atoms with Gasteiger partial charge in [0.05, 0.1) is 12.2 Å². The molecule has 0 saturated heterocycles. The molecule has 0 atom stereocenters. The minimum atomic E-state index is -0.437. The fourth-order valence-corrected chi connectivity index (χ4v) is 2.72. The number of hydrogen-bond acceptors (Lipinski definition) is 4. The Hall–Kier alpha value is -2.10. The van der Waals surface area contributed by atoms with Crippen molar-refractivity contribution in [2.24, 2.45) is 10.7 Å². The molecule has 1 aromatic heterocycles. The molecule has 1 amide bonds. The van der Waals surface area contributed by atoms with Gasteiger partial charge < -0.3 is 20.9 Å². The van der Waals surface area contributed by atoms with Gasteiger partial charge in [0, 0.05) is 31.1 Å². The maximum absolute atomic E-state index is 11.2. The standard InChI is InChI=1S/C19H27N5O2.HI/c1-4-14(5-2)17-10-16(26-24-17)12-23-19(21-3)22-11-13-7-6-8-15(9-13)18(20)25;/h6-10,14H,4-5,11-12H2,1-3H3,(H2,20,25)(H2,21,22,23);1H. The Labute approximate surface area is 177 Å². The summed E-state index contributed by atoms with van der Waals surface area (Å²) < 4.78 is 5.40. The minimum absolute atomic E-state index is 0. The average Bonchev–Trinajstić information content (AvgIpc) is 3.12. The molecule has 2 rings (SSSR count). The van der Waals surface area contributed by atoms with Crippen LogP contribution in [0.5, 0.6) is 0 Å². The Balaban J connectivity index is 0.00000364. The molecule has 0 unspecified atom stereocenters. The normalized spacial score (nSPS) is 11.2. The van der Waals surface area contributed by atoms with E-state index in [4.69, 9.17) is 10.3 Å². The number of nitrogens with two attached hydrogens (primary N) is 1. The van der Waals surface area contributed by atoms with Gasteiger partial charge in [0.2, 0.25) is 5.91 Å². The van der Waals surface area contributed by atoms with Gasteiger partial charge in [0.1, 0.15) is 0 Å². The van der Waals surface area contributed by atoms with E-state index < -0.39 is 5.91 Å². The maximum atomic E-state index is 11.2. The van der Waals surface area contributed by atoms with Crippen LogP contribution in [-0.4, -0.2) is 24.1 Å². The van der Waals surface area contributed by atoms with E-state index in [0.717, 1.165) is 29.9 Å². The minimum Gasteiger partial charge on any atom is -0.366 e. The second kappa shape index (κ2) is 11.6. The van der Waals surface area contributed by atoms with Crippen molar-refractivity contribution in [1.82, 2.24) is 15.8 Å². The largest absolute Gasteiger partial charge is 0.366 e. The van der Waals surface area contributed by atoms with E-state index in [0.29, 0.717) is 30.5 Å². The lowest BCUT2D eigenvalue weighted by molar-refractivity contribution is 0.1000. The van der Waals surface area contributed by atoms with Crippen LogP contribution in [0.3, 0.4) is 0 Å². The van der Waals surface area contributed by atoms with E-state index >= 15 is 0 Å². The lowest BCUT2D eigenvalue weighted by atomic mass is 9.99. The first kappa shape index (κ1) is 22.9. The highest BCUT2D eigenvalue weighted by Gasteiger charge is 2.13. The SMILES string of the molecule is CCC(CC)c1cc(CNC(=NC)NCc2cccc(C(N)=O)c2)on1.I. The summed E-state index contributed by atoms with van der Waals surface area (Å²) in [6.07, 6.45) is 2.09. The van der Waals surface area contributed by atoms with Crippen molar-refractivity contribution < 1.29 is 9.32 Å². The van der Waals surface area contributed by atoms with E-state index in [1.807, 2.05) is 12.1 Å². The molecule has 1 aromatic carbocycles. The third-order valence-corrected chi connectivity index (χ3v) is 4.31. The van der Waals surface area contributed by atoms with E-state index in [9.17, 15) is 4.79 Å². The topological polar surface area (TPSA) is 106 Å². The fraction of sp³-hybridized carbons (Fsp3) is 0.421. The van der Waals surface area contributed by atoms with Gasteiger partial charge in [0.25, 0.3) is 0 Å². The van der Waals surface area contributed by atoms with Crippen LogP contribution < -0.4 is 16.4 Å². The van der Waals surface area contributed by atoms with Crippen molar-refractivity contribution in [1.29, 1.82) is 0 Å². The summed E-state index contributed by atoms with van der Waals surface area (Å²) in [4.78, 5) is 15.4. The summed E-state index contributed by atoms with van der Waals surface area (Å²) >= 11 is 0. The Bertz CT molecular complexity index is 756. The summed E-state index contributed by atoms with van der Waals surface area (Å²) in [6, 6.07) is 9.18. The molecule has 0 radical (unpaired) electrons. The van der Waals surface area contributed by atoms with Crippen molar-refractivity contribution in [2.75, 3.05) is 7.05 Å². The lowest BCUT2D eigenvalue weighted by Crippen LogP contribution is -2.36. The van der Waals surface area contributed by atoms with Gasteiger partial charge in [-0.25, -0.2) is 0 Å². The Morgan fingerprint density at radius 3 is 2.56 bits per heavy atom. The first-order chi connectivity index (χ1) is 12.6. The number of primary amides is 1. The van der Waals surface area contributed by atoms with Crippen molar-refractivity contribution in [3.8, 4) is 0 Å². The second-order valence-electron chi connectivity index (χ2n) is 6.08. The van der Waals surface area contributed by atoms with Gasteiger partial charge in [-0.3, -0.25) is 9.79 Å². The number of guanidine groups is 1. The Morgan fingerprint density at radius 2 is 1.93 bits per heavy atom. The second-order valence-corrected chi connectivity index (χ2v) is 6.08. The third-order valence-electron chi connectivity index (χ3n) is 4.31. The van der Waals surface area contributed by atoms with Gasteiger partial charge in [-0.1, -0.05) is 31.1 Å². The smallest absolute Gasteiger partial charge is 0.248 e. The van der Waals surface area contributed by atoms with Crippen molar-refractivity contribution in [2.45, 2.75) is 45.7 Å². The number of carbonyl (C=O) groups is 1. The molecule has 0 aliphatic rings. The fourth-order valence-electron chi connectivity index (χ4n) is 2.72. The number of hydrogen-bond donors (Lipinski definition) is 3. The quantitative estimate of drug-likeness (QED) is 0.303. The van der Waals surface area contributed by atoms with Crippen LogP contribution in [0.4, 0.5) is 0 Å². The number of aromatic nitrogens is 1. The first-order valence-corrected chi connectivity index (χ1v) is 8.86. The zero-order valence-electron chi connectivity index (χ0n) is 16.0. The van der Waals surface area contributed by atoms with Gasteiger partial charge >= 0.3 is 0 Å². The van der Waals surface area contributed by atoms with Crippen LogP contribution in [0.15, 0.2) is 39.8 Å². The first-order valence-electron chi connectivity index (χ1n) is 8.86. The number of halogens is 1. The molecule has 148 valence electrons. The summed E-state index contributed by atoms with van der Waals surface area (Å²) in [6.45, 7) is 5.32. The summed E-state index contributed by atoms with van der Waals surface area (Å²) in [7, 11) is 1.70. The zero-order valence-corrected chi connectivity index (χ0v) is 18.3. The van der Waals surface area contributed by atoms with Gasteiger partial charge in [0.15, 0.2) is 11.7 Å². The van der Waals surface area contributed by atoms with Crippen molar-refractivity contribution in [3.05, 3.63) is 52.9 Å². The molecule has 8 heteroatoms. The number of carbonyl (C=O) groups excluding carboxylic acids is 1. The predicted molar refractivity (Wildman–Crippen MR) is 117 cm³/mol. The van der Waals surface area contributed by atoms with Crippen LogP contribution >= 0.6 is 24.0 Å². The van der Waals surface area contributed by atoms with Gasteiger partial charge in [-0.15, -0.1) is 24.0 Å². The number of rotatable bonds is 8. The molecular formula is C19H28IN5O2. The van der Waals surface area contributed by atoms with Crippen LogP contribution in [0.25, 0.3) is 0 Å². The maximum Gasteiger partial charge on any atom is 0.248 e. The molecule has 0 aliphatic heterocycles. The molecular weight excluding hydrogens is 457 g/mol. The molecule has 0 aliphatic carbocycles.